The number of ether oxygens (including phenoxy) is 2. The van der Waals surface area contributed by atoms with Crippen molar-refractivity contribution in [1.82, 2.24) is 4.90 Å². The summed E-state index contributed by atoms with van der Waals surface area (Å²) < 4.78 is 11.2. The Hall–Kier alpha value is -1.84. The van der Waals surface area contributed by atoms with E-state index in [2.05, 4.69) is 47.4 Å². The lowest BCUT2D eigenvalue weighted by molar-refractivity contribution is 0.0358. The van der Waals surface area contributed by atoms with Gasteiger partial charge in [-0.25, -0.2) is 0 Å². The van der Waals surface area contributed by atoms with Crippen LogP contribution in [-0.4, -0.2) is 44.4 Å². The van der Waals surface area contributed by atoms with Gasteiger partial charge in [-0.15, -0.1) is 0 Å². The molecule has 3 heteroatoms. The lowest BCUT2D eigenvalue weighted by Crippen LogP contribution is -2.37. The molecule has 1 aliphatic rings. The van der Waals surface area contributed by atoms with Gasteiger partial charge in [0.15, 0.2) is 0 Å². The Morgan fingerprint density at radius 1 is 1.05 bits per heavy atom. The minimum absolute atomic E-state index is 0.728. The Morgan fingerprint density at radius 3 is 2.68 bits per heavy atom. The third-order valence-corrected chi connectivity index (χ3v) is 3.86. The number of hydrogen-bond donors (Lipinski definition) is 0. The molecule has 1 fully saturated rings. The average molecular weight is 296 g/mol. The van der Waals surface area contributed by atoms with Crippen molar-refractivity contribution < 1.29 is 9.47 Å². The van der Waals surface area contributed by atoms with Crippen molar-refractivity contribution in [2.45, 2.75) is 6.42 Å². The van der Waals surface area contributed by atoms with Gasteiger partial charge < -0.3 is 9.47 Å². The highest BCUT2D eigenvalue weighted by Gasteiger charge is 2.09. The summed E-state index contributed by atoms with van der Waals surface area (Å²) in [6, 6.07) is 19.6. The highest BCUT2D eigenvalue weighted by molar-refractivity contribution is 5.64. The van der Waals surface area contributed by atoms with Crippen LogP contribution in [0.25, 0.3) is 11.1 Å². The standard InChI is InChI=1S/C19H22NO2/c1-2-6-17(7-3-1)18-8-4-9-19(16-18)22-13-5-10-20-11-14-21-15-12-20/h1-4,6-8,16H,5,10-15H2. The molecule has 1 heterocycles. The number of benzene rings is 2. The monoisotopic (exact) mass is 296 g/mol. The van der Waals surface area contributed by atoms with Crippen molar-refractivity contribution in [3.63, 3.8) is 0 Å². The molecule has 0 saturated carbocycles. The lowest BCUT2D eigenvalue weighted by atomic mass is 10.1. The van der Waals surface area contributed by atoms with E-state index < -0.39 is 0 Å². The third-order valence-electron chi connectivity index (χ3n) is 3.86. The van der Waals surface area contributed by atoms with E-state index in [0.717, 1.165) is 51.6 Å². The quantitative estimate of drug-likeness (QED) is 0.764. The molecule has 115 valence electrons. The van der Waals surface area contributed by atoms with Crippen LogP contribution in [0.1, 0.15) is 6.42 Å². The van der Waals surface area contributed by atoms with Gasteiger partial charge >= 0.3 is 0 Å². The number of rotatable bonds is 6. The minimum Gasteiger partial charge on any atom is -0.493 e. The first-order valence-corrected chi connectivity index (χ1v) is 7.92. The summed E-state index contributed by atoms with van der Waals surface area (Å²) in [7, 11) is 0. The summed E-state index contributed by atoms with van der Waals surface area (Å²) in [6.45, 7) is 5.58. The van der Waals surface area contributed by atoms with E-state index in [1.807, 2.05) is 12.1 Å². The van der Waals surface area contributed by atoms with Crippen LogP contribution in [-0.2, 0) is 4.74 Å². The predicted molar refractivity (Wildman–Crippen MR) is 88.1 cm³/mol. The summed E-state index contributed by atoms with van der Waals surface area (Å²) in [5.74, 6) is 0.823. The molecule has 0 bridgehead atoms. The highest BCUT2D eigenvalue weighted by Crippen LogP contribution is 2.23. The van der Waals surface area contributed by atoms with Crippen LogP contribution in [0.2, 0.25) is 0 Å². The van der Waals surface area contributed by atoms with E-state index in [1.54, 1.807) is 0 Å². The van der Waals surface area contributed by atoms with Gasteiger partial charge in [-0.05, 0) is 29.7 Å². The van der Waals surface area contributed by atoms with Crippen molar-refractivity contribution in [1.29, 1.82) is 0 Å². The average Bonchev–Trinajstić information content (AvgIpc) is 2.61. The molecule has 22 heavy (non-hydrogen) atoms. The molecule has 2 aromatic carbocycles. The van der Waals surface area contributed by atoms with Crippen LogP contribution in [0, 0.1) is 6.07 Å². The molecule has 0 spiro atoms. The maximum Gasteiger partial charge on any atom is 0.127 e. The first-order chi connectivity index (χ1) is 10.9. The Morgan fingerprint density at radius 2 is 1.86 bits per heavy atom. The second kappa shape index (κ2) is 7.97. The normalized spacial score (nSPS) is 15.6. The first-order valence-electron chi connectivity index (χ1n) is 7.92. The van der Waals surface area contributed by atoms with Crippen LogP contribution in [0.3, 0.4) is 0 Å². The molecule has 2 aromatic rings. The number of nitrogens with zero attached hydrogens (tertiary/aromatic N) is 1. The van der Waals surface area contributed by atoms with Crippen LogP contribution in [0.5, 0.6) is 5.75 Å². The van der Waals surface area contributed by atoms with E-state index in [0.29, 0.717) is 0 Å². The SMILES string of the molecule is [c]1ccc(-c2ccccc2)cc1OCCCN1CCOCC1. The van der Waals surface area contributed by atoms with E-state index in [-0.39, 0.29) is 0 Å². The van der Waals surface area contributed by atoms with Gasteiger partial charge in [-0.1, -0.05) is 36.4 Å². The molecule has 0 aliphatic carbocycles. The summed E-state index contributed by atoms with van der Waals surface area (Å²) >= 11 is 0. The molecule has 0 aromatic heterocycles. The van der Waals surface area contributed by atoms with Crippen molar-refractivity contribution >= 4 is 0 Å². The molecular weight excluding hydrogens is 274 g/mol. The molecule has 0 amide bonds. The fourth-order valence-electron chi connectivity index (χ4n) is 2.63. The fraction of sp³-hybridized carbons (Fsp3) is 0.368. The Balaban J connectivity index is 1.48. The van der Waals surface area contributed by atoms with Crippen molar-refractivity contribution in [2.24, 2.45) is 0 Å². The number of hydrogen-bond acceptors (Lipinski definition) is 3. The lowest BCUT2D eigenvalue weighted by Gasteiger charge is -2.26. The first kappa shape index (κ1) is 15.1. The molecule has 1 radical (unpaired) electrons. The van der Waals surface area contributed by atoms with Gasteiger partial charge in [0.25, 0.3) is 0 Å². The molecule has 3 nitrogen and oxygen atoms in total. The fourth-order valence-corrected chi connectivity index (χ4v) is 2.63. The molecule has 0 unspecified atom stereocenters. The van der Waals surface area contributed by atoms with Crippen LogP contribution >= 0.6 is 0 Å². The van der Waals surface area contributed by atoms with Crippen molar-refractivity contribution in [2.75, 3.05) is 39.5 Å². The number of morpholine rings is 1. The third kappa shape index (κ3) is 4.33. The predicted octanol–water partition coefficient (Wildman–Crippen LogP) is 3.25. The zero-order valence-corrected chi connectivity index (χ0v) is 12.8. The van der Waals surface area contributed by atoms with E-state index in [1.165, 1.54) is 11.1 Å². The summed E-state index contributed by atoms with van der Waals surface area (Å²) in [5.41, 5.74) is 2.37. The van der Waals surface area contributed by atoms with Gasteiger partial charge in [-0.3, -0.25) is 4.90 Å². The van der Waals surface area contributed by atoms with Crippen LogP contribution in [0.15, 0.2) is 48.5 Å². The van der Waals surface area contributed by atoms with Crippen molar-refractivity contribution in [3.8, 4) is 16.9 Å². The Kier molecular flexibility index (Phi) is 5.46. The van der Waals surface area contributed by atoms with Crippen LogP contribution in [0.4, 0.5) is 0 Å². The summed E-state index contributed by atoms with van der Waals surface area (Å²) in [4.78, 5) is 2.43. The topological polar surface area (TPSA) is 21.7 Å². The van der Waals surface area contributed by atoms with Crippen LogP contribution < -0.4 is 4.74 Å². The maximum absolute atomic E-state index is 5.85. The second-order valence-electron chi connectivity index (χ2n) is 5.46. The van der Waals surface area contributed by atoms with E-state index in [4.69, 9.17) is 9.47 Å². The summed E-state index contributed by atoms with van der Waals surface area (Å²) in [6.07, 6.45) is 1.03. The molecular formula is C19H22NO2. The van der Waals surface area contributed by atoms with Crippen molar-refractivity contribution in [3.05, 3.63) is 54.6 Å². The smallest absolute Gasteiger partial charge is 0.127 e. The van der Waals surface area contributed by atoms with Gasteiger partial charge in [-0.2, -0.15) is 0 Å². The summed E-state index contributed by atoms with van der Waals surface area (Å²) in [5, 5.41) is 0. The highest BCUT2D eigenvalue weighted by atomic mass is 16.5. The Bertz CT molecular complexity index is 565. The largest absolute Gasteiger partial charge is 0.493 e. The molecule has 1 aliphatic heterocycles. The minimum atomic E-state index is 0.728. The van der Waals surface area contributed by atoms with E-state index >= 15 is 0 Å². The Labute approximate surface area is 132 Å². The van der Waals surface area contributed by atoms with Gasteiger partial charge in [0.1, 0.15) is 5.75 Å². The van der Waals surface area contributed by atoms with Gasteiger partial charge in [0.2, 0.25) is 0 Å². The molecule has 1 saturated heterocycles. The zero-order valence-electron chi connectivity index (χ0n) is 12.8. The van der Waals surface area contributed by atoms with E-state index in [9.17, 15) is 0 Å². The van der Waals surface area contributed by atoms with Gasteiger partial charge in [0.05, 0.1) is 19.8 Å². The second-order valence-corrected chi connectivity index (χ2v) is 5.46. The van der Waals surface area contributed by atoms with Gasteiger partial charge in [0, 0.05) is 25.7 Å². The maximum atomic E-state index is 5.85. The molecule has 3 rings (SSSR count). The molecule has 0 atom stereocenters. The zero-order chi connectivity index (χ0) is 15.0. The molecule has 0 N–H and O–H groups in total.